The average Bonchev–Trinajstić information content (AvgIpc) is 2.17. The first-order valence-electron chi connectivity index (χ1n) is 5.20. The van der Waals surface area contributed by atoms with Gasteiger partial charge in [-0.1, -0.05) is 0 Å². The van der Waals surface area contributed by atoms with Gasteiger partial charge in [0.2, 0.25) is 5.95 Å². The first-order chi connectivity index (χ1) is 7.16. The second kappa shape index (κ2) is 4.02. The van der Waals surface area contributed by atoms with E-state index in [0.717, 1.165) is 25.5 Å². The van der Waals surface area contributed by atoms with Crippen LogP contribution in [0.15, 0.2) is 12.3 Å². The third-order valence-corrected chi connectivity index (χ3v) is 2.78. The monoisotopic (exact) mass is 207 g/mol. The van der Waals surface area contributed by atoms with Crippen LogP contribution in [0.2, 0.25) is 0 Å². The quantitative estimate of drug-likeness (QED) is 0.713. The predicted molar refractivity (Wildman–Crippen MR) is 60.7 cm³/mol. The summed E-state index contributed by atoms with van der Waals surface area (Å²) in [6.07, 6.45) is 1.71. The van der Waals surface area contributed by atoms with Crippen molar-refractivity contribution in [3.63, 3.8) is 0 Å². The van der Waals surface area contributed by atoms with E-state index >= 15 is 0 Å². The maximum Gasteiger partial charge on any atom is 0.221 e. The molecule has 2 N–H and O–H groups in total. The lowest BCUT2D eigenvalue weighted by atomic mass is 10.2. The molecule has 1 unspecified atom stereocenters. The molecule has 5 nitrogen and oxygen atoms in total. The van der Waals surface area contributed by atoms with E-state index in [1.165, 1.54) is 0 Å². The molecule has 2 heterocycles. The van der Waals surface area contributed by atoms with Crippen LogP contribution in [0.1, 0.15) is 6.92 Å². The average molecular weight is 207 g/mol. The molecule has 0 aliphatic carbocycles. The standard InChI is InChI=1S/C10H17N5/c1-8-7-14(2)5-6-15(8)9-3-4-12-10(11)13-9/h3-4,8H,5-7H2,1-2H3,(H2,11,12,13). The molecule has 0 radical (unpaired) electrons. The molecule has 1 fully saturated rings. The van der Waals surface area contributed by atoms with Crippen LogP contribution in [0.3, 0.4) is 0 Å². The Balaban J connectivity index is 2.17. The molecule has 1 atom stereocenters. The lowest BCUT2D eigenvalue weighted by Crippen LogP contribution is -2.50. The molecule has 0 amide bonds. The van der Waals surface area contributed by atoms with Gasteiger partial charge in [-0.15, -0.1) is 0 Å². The zero-order chi connectivity index (χ0) is 10.8. The third-order valence-electron chi connectivity index (χ3n) is 2.78. The fourth-order valence-electron chi connectivity index (χ4n) is 2.00. The Bertz CT molecular complexity index is 340. The van der Waals surface area contributed by atoms with E-state index in [9.17, 15) is 0 Å². The van der Waals surface area contributed by atoms with Crippen LogP contribution in [-0.2, 0) is 0 Å². The molecule has 0 spiro atoms. The van der Waals surface area contributed by atoms with Gasteiger partial charge in [0.15, 0.2) is 0 Å². The molecule has 0 bridgehead atoms. The number of piperazine rings is 1. The minimum atomic E-state index is 0.346. The molecule has 1 aliphatic heterocycles. The Kier molecular flexibility index (Phi) is 2.73. The molecule has 1 saturated heterocycles. The summed E-state index contributed by atoms with van der Waals surface area (Å²) in [5.74, 6) is 1.28. The van der Waals surface area contributed by atoms with Crippen molar-refractivity contribution in [1.29, 1.82) is 0 Å². The van der Waals surface area contributed by atoms with Gasteiger partial charge < -0.3 is 15.5 Å². The van der Waals surface area contributed by atoms with Crippen molar-refractivity contribution in [2.45, 2.75) is 13.0 Å². The Morgan fingerprint density at radius 2 is 2.27 bits per heavy atom. The smallest absolute Gasteiger partial charge is 0.221 e. The Morgan fingerprint density at radius 1 is 1.47 bits per heavy atom. The van der Waals surface area contributed by atoms with Gasteiger partial charge >= 0.3 is 0 Å². The summed E-state index contributed by atoms with van der Waals surface area (Å²) >= 11 is 0. The van der Waals surface area contributed by atoms with Crippen LogP contribution in [0.5, 0.6) is 0 Å². The van der Waals surface area contributed by atoms with Crippen molar-refractivity contribution >= 4 is 11.8 Å². The summed E-state index contributed by atoms with van der Waals surface area (Å²) in [7, 11) is 2.14. The minimum absolute atomic E-state index is 0.346. The summed E-state index contributed by atoms with van der Waals surface area (Å²) in [5.41, 5.74) is 5.58. The second-order valence-corrected chi connectivity index (χ2v) is 4.08. The molecule has 0 saturated carbocycles. The van der Waals surface area contributed by atoms with Crippen molar-refractivity contribution in [2.24, 2.45) is 0 Å². The van der Waals surface area contributed by atoms with Gasteiger partial charge in [0, 0.05) is 31.9 Å². The van der Waals surface area contributed by atoms with Gasteiger partial charge in [-0.05, 0) is 20.0 Å². The van der Waals surface area contributed by atoms with Crippen LogP contribution >= 0.6 is 0 Å². The first-order valence-corrected chi connectivity index (χ1v) is 5.20. The van der Waals surface area contributed by atoms with Gasteiger partial charge in [-0.2, -0.15) is 4.98 Å². The maximum absolute atomic E-state index is 5.58. The van der Waals surface area contributed by atoms with Gasteiger partial charge in [0.25, 0.3) is 0 Å². The van der Waals surface area contributed by atoms with E-state index in [1.54, 1.807) is 6.20 Å². The number of anilines is 2. The summed E-state index contributed by atoms with van der Waals surface area (Å²) in [5, 5.41) is 0. The molecule has 2 rings (SSSR count). The fraction of sp³-hybridized carbons (Fsp3) is 0.600. The van der Waals surface area contributed by atoms with Crippen LogP contribution in [0.4, 0.5) is 11.8 Å². The SMILES string of the molecule is CC1CN(C)CCN1c1ccnc(N)n1. The lowest BCUT2D eigenvalue weighted by Gasteiger charge is -2.38. The Morgan fingerprint density at radius 3 is 2.93 bits per heavy atom. The first kappa shape index (κ1) is 10.2. The largest absolute Gasteiger partial charge is 0.368 e. The van der Waals surface area contributed by atoms with Crippen molar-refractivity contribution in [3.05, 3.63) is 12.3 Å². The van der Waals surface area contributed by atoms with Gasteiger partial charge in [0.05, 0.1) is 0 Å². The third kappa shape index (κ3) is 2.18. The highest BCUT2D eigenvalue weighted by atomic mass is 15.3. The van der Waals surface area contributed by atoms with Crippen molar-refractivity contribution < 1.29 is 0 Å². The number of hydrogen-bond acceptors (Lipinski definition) is 5. The summed E-state index contributed by atoms with van der Waals surface area (Å²) in [4.78, 5) is 12.8. The number of nitrogens with two attached hydrogens (primary N) is 1. The zero-order valence-corrected chi connectivity index (χ0v) is 9.22. The normalized spacial score (nSPS) is 23.1. The zero-order valence-electron chi connectivity index (χ0n) is 9.22. The Labute approximate surface area is 89.9 Å². The summed E-state index contributed by atoms with van der Waals surface area (Å²) in [6, 6.07) is 2.39. The van der Waals surface area contributed by atoms with Crippen molar-refractivity contribution in [2.75, 3.05) is 37.3 Å². The van der Waals surface area contributed by atoms with Crippen LogP contribution < -0.4 is 10.6 Å². The highest BCUT2D eigenvalue weighted by molar-refractivity contribution is 5.42. The molecule has 82 valence electrons. The fourth-order valence-corrected chi connectivity index (χ4v) is 2.00. The van der Waals surface area contributed by atoms with E-state index in [0.29, 0.717) is 12.0 Å². The van der Waals surface area contributed by atoms with E-state index in [1.807, 2.05) is 6.07 Å². The molecular formula is C10H17N5. The molecular weight excluding hydrogens is 190 g/mol. The number of nitrogens with zero attached hydrogens (tertiary/aromatic N) is 4. The van der Waals surface area contributed by atoms with E-state index in [2.05, 4.69) is 33.7 Å². The van der Waals surface area contributed by atoms with Crippen LogP contribution in [0.25, 0.3) is 0 Å². The summed E-state index contributed by atoms with van der Waals surface area (Å²) in [6.45, 7) is 5.32. The highest BCUT2D eigenvalue weighted by Gasteiger charge is 2.22. The minimum Gasteiger partial charge on any atom is -0.368 e. The van der Waals surface area contributed by atoms with Gasteiger partial charge in [-0.25, -0.2) is 4.98 Å². The maximum atomic E-state index is 5.58. The number of aromatic nitrogens is 2. The number of nitrogen functional groups attached to an aromatic ring is 1. The van der Waals surface area contributed by atoms with Crippen molar-refractivity contribution in [3.8, 4) is 0 Å². The van der Waals surface area contributed by atoms with Gasteiger partial charge in [-0.3, -0.25) is 0 Å². The molecule has 1 aromatic rings. The molecule has 0 aromatic carbocycles. The number of hydrogen-bond donors (Lipinski definition) is 1. The lowest BCUT2D eigenvalue weighted by molar-refractivity contribution is 0.274. The Hall–Kier alpha value is -1.36. The number of likely N-dealkylation sites (N-methyl/N-ethyl adjacent to an activating group) is 1. The van der Waals surface area contributed by atoms with E-state index in [4.69, 9.17) is 5.73 Å². The second-order valence-electron chi connectivity index (χ2n) is 4.08. The molecule has 5 heteroatoms. The topological polar surface area (TPSA) is 58.3 Å². The van der Waals surface area contributed by atoms with E-state index in [-0.39, 0.29) is 0 Å². The molecule has 15 heavy (non-hydrogen) atoms. The van der Waals surface area contributed by atoms with Gasteiger partial charge in [0.1, 0.15) is 5.82 Å². The van der Waals surface area contributed by atoms with Crippen LogP contribution in [0, 0.1) is 0 Å². The number of rotatable bonds is 1. The van der Waals surface area contributed by atoms with Crippen molar-refractivity contribution in [1.82, 2.24) is 14.9 Å². The van der Waals surface area contributed by atoms with Crippen LogP contribution in [-0.4, -0.2) is 47.6 Å². The molecule has 1 aromatic heterocycles. The predicted octanol–water partition coefficient (Wildman–Crippen LogP) is 0.199. The molecule has 1 aliphatic rings. The summed E-state index contributed by atoms with van der Waals surface area (Å²) < 4.78 is 0. The highest BCUT2D eigenvalue weighted by Crippen LogP contribution is 2.17. The van der Waals surface area contributed by atoms with E-state index < -0.39 is 0 Å².